The van der Waals surface area contributed by atoms with Crippen LogP contribution in [0.1, 0.15) is 30.5 Å². The molecule has 0 radical (unpaired) electrons. The van der Waals surface area contributed by atoms with Crippen LogP contribution in [0.4, 0.5) is 4.39 Å². The second kappa shape index (κ2) is 8.65. The first-order valence-electron chi connectivity index (χ1n) is 9.06. The van der Waals surface area contributed by atoms with Gasteiger partial charge in [-0.05, 0) is 37.1 Å². The van der Waals surface area contributed by atoms with Crippen molar-refractivity contribution in [3.63, 3.8) is 0 Å². The lowest BCUT2D eigenvalue weighted by Crippen LogP contribution is -2.35. The third-order valence-corrected chi connectivity index (χ3v) is 4.35. The van der Waals surface area contributed by atoms with Gasteiger partial charge in [-0.25, -0.2) is 14.0 Å². The van der Waals surface area contributed by atoms with Gasteiger partial charge in [0.1, 0.15) is 11.5 Å². The minimum Gasteiger partial charge on any atom is -0.462 e. The van der Waals surface area contributed by atoms with Gasteiger partial charge in [0.2, 0.25) is 0 Å². The molecule has 0 atom stereocenters. The van der Waals surface area contributed by atoms with Crippen molar-refractivity contribution in [1.82, 2.24) is 9.88 Å². The molecule has 0 N–H and O–H groups in total. The number of nitrogens with zero attached hydrogens (tertiary/aromatic N) is 2. The summed E-state index contributed by atoms with van der Waals surface area (Å²) in [5.41, 5.74) is 1.90. The molecule has 1 aromatic heterocycles. The standard InChI is InChI=1S/C21H21FN2O4/c1-3-27-20(25)18-16-9-10-23-11-15(16)13-24(19(18)21(26)28-4-2)12-14-7-5-6-8-17(14)22/h5-11H,3-4,12-13H2,1-2H3. The summed E-state index contributed by atoms with van der Waals surface area (Å²) in [5.74, 6) is -1.67. The lowest BCUT2D eigenvalue weighted by molar-refractivity contribution is -0.142. The van der Waals surface area contributed by atoms with E-state index in [0.717, 1.165) is 5.56 Å². The van der Waals surface area contributed by atoms with Crippen LogP contribution in [0.2, 0.25) is 0 Å². The van der Waals surface area contributed by atoms with Gasteiger partial charge in [-0.1, -0.05) is 18.2 Å². The van der Waals surface area contributed by atoms with E-state index in [1.54, 1.807) is 55.4 Å². The first-order chi connectivity index (χ1) is 13.6. The van der Waals surface area contributed by atoms with Crippen LogP contribution in [-0.4, -0.2) is 35.0 Å². The van der Waals surface area contributed by atoms with E-state index >= 15 is 0 Å². The van der Waals surface area contributed by atoms with Gasteiger partial charge in [0, 0.05) is 31.0 Å². The number of esters is 2. The van der Waals surface area contributed by atoms with Crippen LogP contribution in [0.5, 0.6) is 0 Å². The van der Waals surface area contributed by atoms with E-state index in [4.69, 9.17) is 9.47 Å². The van der Waals surface area contributed by atoms with Crippen molar-refractivity contribution in [2.45, 2.75) is 26.9 Å². The molecule has 1 aliphatic rings. The first-order valence-corrected chi connectivity index (χ1v) is 9.06. The highest BCUT2D eigenvalue weighted by Crippen LogP contribution is 2.34. The number of rotatable bonds is 6. The maximum absolute atomic E-state index is 14.2. The van der Waals surface area contributed by atoms with Crippen molar-refractivity contribution in [3.05, 3.63) is 70.9 Å². The van der Waals surface area contributed by atoms with E-state index < -0.39 is 11.9 Å². The summed E-state index contributed by atoms with van der Waals surface area (Å²) in [6.45, 7) is 4.06. The molecule has 7 heteroatoms. The predicted molar refractivity (Wildman–Crippen MR) is 100 cm³/mol. The average Bonchev–Trinajstić information content (AvgIpc) is 2.69. The fourth-order valence-electron chi connectivity index (χ4n) is 3.18. The number of hydrogen-bond acceptors (Lipinski definition) is 6. The summed E-state index contributed by atoms with van der Waals surface area (Å²) in [6.07, 6.45) is 3.18. The van der Waals surface area contributed by atoms with Crippen molar-refractivity contribution >= 4 is 17.5 Å². The predicted octanol–water partition coefficient (Wildman–Crippen LogP) is 3.07. The largest absolute Gasteiger partial charge is 0.462 e. The van der Waals surface area contributed by atoms with Crippen LogP contribution in [0.25, 0.3) is 5.57 Å². The summed E-state index contributed by atoms with van der Waals surface area (Å²) in [7, 11) is 0. The van der Waals surface area contributed by atoms with Crippen LogP contribution >= 0.6 is 0 Å². The van der Waals surface area contributed by atoms with Gasteiger partial charge in [0.05, 0.1) is 18.8 Å². The third-order valence-electron chi connectivity index (χ3n) is 4.35. The van der Waals surface area contributed by atoms with Gasteiger partial charge in [-0.15, -0.1) is 0 Å². The number of aromatic nitrogens is 1. The molecule has 0 unspecified atom stereocenters. The highest BCUT2D eigenvalue weighted by atomic mass is 19.1. The second-order valence-corrected chi connectivity index (χ2v) is 6.14. The number of halogens is 1. The Bertz CT molecular complexity index is 926. The number of fused-ring (bicyclic) bond motifs is 1. The molecule has 0 spiro atoms. The SMILES string of the molecule is CCOC(=O)C1=C(C(=O)OCC)N(Cc2ccccc2F)Cc2cnccc21. The zero-order valence-electron chi connectivity index (χ0n) is 15.8. The Labute approximate surface area is 162 Å². The van der Waals surface area contributed by atoms with Crippen molar-refractivity contribution in [2.75, 3.05) is 13.2 Å². The molecule has 3 rings (SSSR count). The topological polar surface area (TPSA) is 68.7 Å². The first kappa shape index (κ1) is 19.5. The molecule has 2 aromatic rings. The zero-order valence-corrected chi connectivity index (χ0v) is 15.8. The molecule has 0 saturated heterocycles. The van der Waals surface area contributed by atoms with Gasteiger partial charge in [0.25, 0.3) is 0 Å². The van der Waals surface area contributed by atoms with E-state index in [1.165, 1.54) is 6.07 Å². The Morgan fingerprint density at radius 1 is 1.11 bits per heavy atom. The molecule has 0 amide bonds. The fourth-order valence-corrected chi connectivity index (χ4v) is 3.18. The van der Waals surface area contributed by atoms with Gasteiger partial charge in [-0.3, -0.25) is 4.98 Å². The van der Waals surface area contributed by atoms with Crippen LogP contribution in [0, 0.1) is 5.82 Å². The molecule has 28 heavy (non-hydrogen) atoms. The number of hydrogen-bond donors (Lipinski definition) is 0. The Morgan fingerprint density at radius 3 is 2.54 bits per heavy atom. The normalized spacial score (nSPS) is 13.2. The number of pyridine rings is 1. The van der Waals surface area contributed by atoms with Gasteiger partial charge in [0.15, 0.2) is 0 Å². The molecule has 0 fully saturated rings. The molecule has 0 aliphatic carbocycles. The van der Waals surface area contributed by atoms with Crippen LogP contribution in [0.3, 0.4) is 0 Å². The average molecular weight is 384 g/mol. The Hall–Kier alpha value is -3.22. The van der Waals surface area contributed by atoms with Gasteiger partial charge < -0.3 is 14.4 Å². The number of carbonyl (C=O) groups excluding carboxylic acids is 2. The van der Waals surface area contributed by atoms with Crippen LogP contribution in [-0.2, 0) is 32.2 Å². The summed E-state index contributed by atoms with van der Waals surface area (Å²) in [6, 6.07) is 7.98. The zero-order chi connectivity index (χ0) is 20.1. The lowest BCUT2D eigenvalue weighted by Gasteiger charge is -2.33. The molecule has 0 saturated carbocycles. The maximum atomic E-state index is 14.2. The molecule has 1 aromatic carbocycles. The van der Waals surface area contributed by atoms with Crippen molar-refractivity contribution in [2.24, 2.45) is 0 Å². The van der Waals surface area contributed by atoms with Crippen molar-refractivity contribution in [3.8, 4) is 0 Å². The fraction of sp³-hybridized carbons (Fsp3) is 0.286. The lowest BCUT2D eigenvalue weighted by atomic mass is 9.94. The summed E-state index contributed by atoms with van der Waals surface area (Å²) in [5, 5.41) is 0. The number of benzene rings is 1. The van der Waals surface area contributed by atoms with Gasteiger partial charge >= 0.3 is 11.9 Å². The third kappa shape index (κ3) is 3.88. The molecule has 6 nitrogen and oxygen atoms in total. The van der Waals surface area contributed by atoms with Crippen LogP contribution < -0.4 is 0 Å². The Kier molecular flexibility index (Phi) is 6.03. The van der Waals surface area contributed by atoms with Crippen LogP contribution in [0.15, 0.2) is 48.4 Å². The molecule has 2 heterocycles. The Morgan fingerprint density at radius 2 is 1.82 bits per heavy atom. The van der Waals surface area contributed by atoms with Crippen molar-refractivity contribution in [1.29, 1.82) is 0 Å². The highest BCUT2D eigenvalue weighted by molar-refractivity contribution is 6.23. The van der Waals surface area contributed by atoms with Gasteiger partial charge in [-0.2, -0.15) is 0 Å². The molecular formula is C21H21FN2O4. The molecule has 146 valence electrons. The number of ether oxygens (including phenoxy) is 2. The maximum Gasteiger partial charge on any atom is 0.355 e. The smallest absolute Gasteiger partial charge is 0.355 e. The van der Waals surface area contributed by atoms with E-state index in [0.29, 0.717) is 11.1 Å². The summed E-state index contributed by atoms with van der Waals surface area (Å²) >= 11 is 0. The van der Waals surface area contributed by atoms with E-state index in [-0.39, 0.29) is 43.4 Å². The Balaban J connectivity index is 2.15. The molecule has 1 aliphatic heterocycles. The monoisotopic (exact) mass is 384 g/mol. The van der Waals surface area contributed by atoms with E-state index in [2.05, 4.69) is 4.98 Å². The minimum absolute atomic E-state index is 0.0715. The summed E-state index contributed by atoms with van der Waals surface area (Å²) in [4.78, 5) is 31.3. The molecular weight excluding hydrogens is 363 g/mol. The quantitative estimate of drug-likeness (QED) is 0.713. The minimum atomic E-state index is -0.649. The summed E-state index contributed by atoms with van der Waals surface area (Å²) < 4.78 is 24.6. The second-order valence-electron chi connectivity index (χ2n) is 6.14. The van der Waals surface area contributed by atoms with E-state index in [9.17, 15) is 14.0 Å². The molecule has 0 bridgehead atoms. The van der Waals surface area contributed by atoms with E-state index in [1.807, 2.05) is 0 Å². The highest BCUT2D eigenvalue weighted by Gasteiger charge is 2.35. The van der Waals surface area contributed by atoms with Crippen molar-refractivity contribution < 1.29 is 23.5 Å². The number of carbonyl (C=O) groups is 2.